The average Bonchev–Trinajstić information content (AvgIpc) is 2.42. The standard InChI is InChI=1S/C12H18O2/c1-9(2)11(13)14-12-6-3-4-10(8-12)5-7-12/h10H,1,3-8H2,2H3. The van der Waals surface area contributed by atoms with E-state index < -0.39 is 0 Å². The molecule has 2 fully saturated rings. The molecule has 0 aromatic carbocycles. The molecule has 78 valence electrons. The van der Waals surface area contributed by atoms with Crippen LogP contribution in [-0.2, 0) is 9.53 Å². The number of rotatable bonds is 2. The fourth-order valence-corrected chi connectivity index (χ4v) is 2.81. The summed E-state index contributed by atoms with van der Waals surface area (Å²) in [7, 11) is 0. The molecule has 0 heterocycles. The molecule has 2 rings (SSSR count). The quantitative estimate of drug-likeness (QED) is 0.499. The van der Waals surface area contributed by atoms with Crippen molar-refractivity contribution in [2.24, 2.45) is 5.92 Å². The van der Waals surface area contributed by atoms with Gasteiger partial charge in [-0.3, -0.25) is 0 Å². The number of carbonyl (C=O) groups excluding carboxylic acids is 1. The van der Waals surface area contributed by atoms with Gasteiger partial charge in [-0.2, -0.15) is 0 Å². The minimum absolute atomic E-state index is 0.112. The molecular weight excluding hydrogens is 176 g/mol. The van der Waals surface area contributed by atoms with Gasteiger partial charge in [-0.1, -0.05) is 13.0 Å². The van der Waals surface area contributed by atoms with Crippen LogP contribution in [0.3, 0.4) is 0 Å². The third-order valence-corrected chi connectivity index (χ3v) is 3.57. The van der Waals surface area contributed by atoms with Gasteiger partial charge in [-0.25, -0.2) is 4.79 Å². The third kappa shape index (κ3) is 1.70. The van der Waals surface area contributed by atoms with Crippen molar-refractivity contribution in [1.29, 1.82) is 0 Å². The van der Waals surface area contributed by atoms with Crippen LogP contribution in [0.4, 0.5) is 0 Å². The molecule has 2 saturated carbocycles. The molecule has 2 bridgehead atoms. The van der Waals surface area contributed by atoms with Crippen LogP contribution in [0.25, 0.3) is 0 Å². The number of carbonyl (C=O) groups is 1. The zero-order valence-corrected chi connectivity index (χ0v) is 8.84. The maximum Gasteiger partial charge on any atom is 0.333 e. The van der Waals surface area contributed by atoms with E-state index in [0.717, 1.165) is 25.2 Å². The van der Waals surface area contributed by atoms with Crippen molar-refractivity contribution in [1.82, 2.24) is 0 Å². The lowest BCUT2D eigenvalue weighted by Crippen LogP contribution is -2.34. The molecule has 0 N–H and O–H groups in total. The zero-order chi connectivity index (χ0) is 10.2. The lowest BCUT2D eigenvalue weighted by molar-refractivity contribution is -0.156. The van der Waals surface area contributed by atoms with Crippen molar-refractivity contribution < 1.29 is 9.53 Å². The Morgan fingerprint density at radius 1 is 1.43 bits per heavy atom. The van der Waals surface area contributed by atoms with Gasteiger partial charge in [0.2, 0.25) is 0 Å². The molecule has 14 heavy (non-hydrogen) atoms. The molecule has 0 amide bonds. The summed E-state index contributed by atoms with van der Waals surface area (Å²) in [5.74, 6) is 0.606. The van der Waals surface area contributed by atoms with Crippen LogP contribution in [0.5, 0.6) is 0 Å². The lowest BCUT2D eigenvalue weighted by Gasteiger charge is -2.32. The van der Waals surface area contributed by atoms with Crippen LogP contribution in [-0.4, -0.2) is 11.6 Å². The van der Waals surface area contributed by atoms with Crippen LogP contribution < -0.4 is 0 Å². The van der Waals surface area contributed by atoms with Gasteiger partial charge < -0.3 is 4.74 Å². The number of hydrogen-bond donors (Lipinski definition) is 0. The molecule has 0 aromatic rings. The van der Waals surface area contributed by atoms with Gasteiger partial charge in [0.1, 0.15) is 5.60 Å². The summed E-state index contributed by atoms with van der Waals surface area (Å²) in [6, 6.07) is 0. The first kappa shape index (κ1) is 9.75. The van der Waals surface area contributed by atoms with E-state index >= 15 is 0 Å². The van der Waals surface area contributed by atoms with E-state index in [1.807, 2.05) is 0 Å². The van der Waals surface area contributed by atoms with E-state index in [-0.39, 0.29) is 11.6 Å². The fraction of sp³-hybridized carbons (Fsp3) is 0.750. The van der Waals surface area contributed by atoms with Crippen molar-refractivity contribution in [2.75, 3.05) is 0 Å². The van der Waals surface area contributed by atoms with Gasteiger partial charge in [-0.15, -0.1) is 0 Å². The molecule has 2 aliphatic carbocycles. The predicted molar refractivity (Wildman–Crippen MR) is 54.8 cm³/mol. The van der Waals surface area contributed by atoms with E-state index in [4.69, 9.17) is 4.74 Å². The highest BCUT2D eigenvalue weighted by Gasteiger charge is 2.44. The SMILES string of the molecule is C=C(C)C(=O)OC12CCCC(CC1)C2. The summed E-state index contributed by atoms with van der Waals surface area (Å²) in [4.78, 5) is 11.5. The Labute approximate surface area is 85.3 Å². The third-order valence-electron chi connectivity index (χ3n) is 3.57. The highest BCUT2D eigenvalue weighted by atomic mass is 16.6. The second kappa shape index (κ2) is 3.41. The van der Waals surface area contributed by atoms with Crippen LogP contribution in [0.1, 0.15) is 45.4 Å². The van der Waals surface area contributed by atoms with Crippen LogP contribution >= 0.6 is 0 Å². The van der Waals surface area contributed by atoms with E-state index in [0.29, 0.717) is 5.57 Å². The van der Waals surface area contributed by atoms with Crippen molar-refractivity contribution in [3.05, 3.63) is 12.2 Å². The predicted octanol–water partition coefficient (Wildman–Crippen LogP) is 2.83. The van der Waals surface area contributed by atoms with Crippen molar-refractivity contribution in [2.45, 2.75) is 51.0 Å². The van der Waals surface area contributed by atoms with Crippen LogP contribution in [0.15, 0.2) is 12.2 Å². The smallest absolute Gasteiger partial charge is 0.333 e. The van der Waals surface area contributed by atoms with E-state index in [9.17, 15) is 4.79 Å². The molecule has 0 radical (unpaired) electrons. The molecule has 0 saturated heterocycles. The lowest BCUT2D eigenvalue weighted by atomic mass is 9.85. The molecule has 0 spiro atoms. The maximum atomic E-state index is 11.5. The summed E-state index contributed by atoms with van der Waals surface area (Å²) >= 11 is 0. The minimum Gasteiger partial charge on any atom is -0.456 e. The fourth-order valence-electron chi connectivity index (χ4n) is 2.81. The van der Waals surface area contributed by atoms with Crippen molar-refractivity contribution in [3.63, 3.8) is 0 Å². The van der Waals surface area contributed by atoms with Gasteiger partial charge in [0, 0.05) is 5.57 Å². The van der Waals surface area contributed by atoms with E-state index in [1.54, 1.807) is 6.92 Å². The summed E-state index contributed by atoms with van der Waals surface area (Å²) in [6.07, 6.45) is 7.00. The van der Waals surface area contributed by atoms with Gasteiger partial charge in [0.15, 0.2) is 0 Å². The topological polar surface area (TPSA) is 26.3 Å². The Kier molecular flexibility index (Phi) is 2.38. The van der Waals surface area contributed by atoms with Crippen LogP contribution in [0.2, 0.25) is 0 Å². The van der Waals surface area contributed by atoms with Crippen molar-refractivity contribution >= 4 is 5.97 Å². The van der Waals surface area contributed by atoms with Crippen molar-refractivity contribution in [3.8, 4) is 0 Å². The van der Waals surface area contributed by atoms with E-state index in [1.165, 1.54) is 19.3 Å². The zero-order valence-electron chi connectivity index (χ0n) is 8.84. The maximum absolute atomic E-state index is 11.5. The normalized spacial score (nSPS) is 35.4. The van der Waals surface area contributed by atoms with Gasteiger partial charge in [0.25, 0.3) is 0 Å². The Morgan fingerprint density at radius 3 is 2.93 bits per heavy atom. The molecule has 2 nitrogen and oxygen atoms in total. The van der Waals surface area contributed by atoms with E-state index in [2.05, 4.69) is 6.58 Å². The molecule has 2 aliphatic rings. The Balaban J connectivity index is 2.02. The first-order chi connectivity index (χ1) is 6.61. The first-order valence-corrected chi connectivity index (χ1v) is 5.50. The monoisotopic (exact) mass is 194 g/mol. The van der Waals surface area contributed by atoms with Gasteiger partial charge in [0.05, 0.1) is 0 Å². The minimum atomic E-state index is -0.201. The average molecular weight is 194 g/mol. The Hall–Kier alpha value is -0.790. The highest BCUT2D eigenvalue weighted by molar-refractivity contribution is 5.87. The molecule has 2 heteroatoms. The Bertz CT molecular complexity index is 265. The number of esters is 1. The summed E-state index contributed by atoms with van der Waals surface area (Å²) in [6.45, 7) is 5.34. The summed E-state index contributed by atoms with van der Waals surface area (Å²) in [5, 5.41) is 0. The second-order valence-corrected chi connectivity index (χ2v) is 4.85. The number of hydrogen-bond acceptors (Lipinski definition) is 2. The van der Waals surface area contributed by atoms with Crippen LogP contribution in [0, 0.1) is 5.92 Å². The molecular formula is C12H18O2. The first-order valence-electron chi connectivity index (χ1n) is 5.50. The molecule has 2 unspecified atom stereocenters. The second-order valence-electron chi connectivity index (χ2n) is 4.85. The molecule has 2 atom stereocenters. The highest BCUT2D eigenvalue weighted by Crippen LogP contribution is 2.47. The molecule has 0 aromatic heterocycles. The number of ether oxygens (including phenoxy) is 1. The summed E-state index contributed by atoms with van der Waals surface area (Å²) < 4.78 is 5.59. The molecule has 0 aliphatic heterocycles. The van der Waals surface area contributed by atoms with Gasteiger partial charge in [-0.05, 0) is 44.9 Å². The van der Waals surface area contributed by atoms with Gasteiger partial charge >= 0.3 is 5.97 Å². The Morgan fingerprint density at radius 2 is 2.21 bits per heavy atom. The summed E-state index contributed by atoms with van der Waals surface area (Å²) in [5.41, 5.74) is 0.410. The number of fused-ring (bicyclic) bond motifs is 2. The largest absolute Gasteiger partial charge is 0.456 e.